The van der Waals surface area contributed by atoms with Gasteiger partial charge in [-0.15, -0.1) is 0 Å². The molecule has 8 nitrogen and oxygen atoms in total. The minimum absolute atomic E-state index is 0.228. The molecular formula is C33H37ClN6O2. The number of carbonyl (C=O) groups is 1. The molecule has 0 atom stereocenters. The molecule has 0 saturated carbocycles. The van der Waals surface area contributed by atoms with Crippen LogP contribution >= 0.6 is 11.6 Å². The lowest BCUT2D eigenvalue weighted by Gasteiger charge is -2.34. The maximum Gasteiger partial charge on any atom is 0.421 e. The molecule has 1 aromatic heterocycles. The summed E-state index contributed by atoms with van der Waals surface area (Å²) in [6.45, 7) is 12.2. The maximum absolute atomic E-state index is 13.8. The zero-order chi connectivity index (χ0) is 29.8. The van der Waals surface area contributed by atoms with Gasteiger partial charge >= 0.3 is 6.09 Å². The molecule has 1 aliphatic rings. The molecule has 0 aliphatic carbocycles. The summed E-state index contributed by atoms with van der Waals surface area (Å²) in [4.78, 5) is 29.1. The van der Waals surface area contributed by atoms with Crippen molar-refractivity contribution in [3.05, 3.63) is 99.7 Å². The smallest absolute Gasteiger partial charge is 0.409 e. The quantitative estimate of drug-likeness (QED) is 0.249. The maximum atomic E-state index is 13.8. The summed E-state index contributed by atoms with van der Waals surface area (Å²) < 4.78 is 5.99. The van der Waals surface area contributed by atoms with E-state index in [9.17, 15) is 4.79 Å². The summed E-state index contributed by atoms with van der Waals surface area (Å²) in [7, 11) is 2.15. The van der Waals surface area contributed by atoms with E-state index in [4.69, 9.17) is 21.3 Å². The third-order valence-electron chi connectivity index (χ3n) is 7.56. The first kappa shape index (κ1) is 29.4. The van der Waals surface area contributed by atoms with Gasteiger partial charge in [-0.1, -0.05) is 35.4 Å². The number of aryl methyl sites for hydroxylation is 4. The third-order valence-corrected chi connectivity index (χ3v) is 7.80. The van der Waals surface area contributed by atoms with Gasteiger partial charge in [0.25, 0.3) is 0 Å². The SMILES string of the molecule is Cc1cc(C)c(OC(=O)N(Cc2cc(Cl)ccc2C)c2ccnc(Nc3ccc(N4CCN(C)CC4)cc3)n2)c(C)c1. The summed E-state index contributed by atoms with van der Waals surface area (Å²) in [5.74, 6) is 1.34. The number of anilines is 4. The van der Waals surface area contributed by atoms with Crippen LogP contribution < -0.4 is 19.9 Å². The topological polar surface area (TPSA) is 73.8 Å². The highest BCUT2D eigenvalue weighted by Crippen LogP contribution is 2.28. The molecule has 0 unspecified atom stereocenters. The van der Waals surface area contributed by atoms with Crippen LogP contribution in [0.3, 0.4) is 0 Å². The average molecular weight is 585 g/mol. The molecule has 2 heterocycles. The highest BCUT2D eigenvalue weighted by atomic mass is 35.5. The Labute approximate surface area is 252 Å². The summed E-state index contributed by atoms with van der Waals surface area (Å²) in [6.07, 6.45) is 1.10. The number of hydrogen-bond donors (Lipinski definition) is 1. The van der Waals surface area contributed by atoms with Crippen LogP contribution in [0.1, 0.15) is 27.8 Å². The van der Waals surface area contributed by atoms with E-state index >= 15 is 0 Å². The van der Waals surface area contributed by atoms with E-state index in [1.165, 1.54) is 10.6 Å². The number of carbonyl (C=O) groups excluding carboxylic acids is 1. The first-order valence-corrected chi connectivity index (χ1v) is 14.5. The Morgan fingerprint density at radius 1 is 0.929 bits per heavy atom. The van der Waals surface area contributed by atoms with E-state index < -0.39 is 6.09 Å². The fraction of sp³-hybridized carbons (Fsp3) is 0.303. The minimum Gasteiger partial charge on any atom is -0.409 e. The molecule has 1 amide bonds. The monoisotopic (exact) mass is 584 g/mol. The van der Waals surface area contributed by atoms with Crippen LogP contribution in [0.4, 0.5) is 27.9 Å². The number of piperazine rings is 1. The molecule has 9 heteroatoms. The van der Waals surface area contributed by atoms with Crippen LogP contribution in [-0.2, 0) is 6.54 Å². The lowest BCUT2D eigenvalue weighted by molar-refractivity contribution is 0.206. The second kappa shape index (κ2) is 12.8. The number of aromatic nitrogens is 2. The molecule has 3 aromatic carbocycles. The molecule has 4 aromatic rings. The molecule has 1 saturated heterocycles. The zero-order valence-electron chi connectivity index (χ0n) is 24.8. The number of nitrogens with zero attached hydrogens (tertiary/aromatic N) is 5. The van der Waals surface area contributed by atoms with Crippen LogP contribution in [0.25, 0.3) is 0 Å². The van der Waals surface area contributed by atoms with Gasteiger partial charge in [-0.2, -0.15) is 4.98 Å². The van der Waals surface area contributed by atoms with Crippen molar-refractivity contribution >= 4 is 40.8 Å². The second-order valence-corrected chi connectivity index (χ2v) is 11.4. The van der Waals surface area contributed by atoms with Gasteiger partial charge in [0.15, 0.2) is 0 Å². The van der Waals surface area contributed by atoms with Crippen LogP contribution in [-0.4, -0.2) is 54.2 Å². The molecule has 1 N–H and O–H groups in total. The Balaban J connectivity index is 1.40. The van der Waals surface area contributed by atoms with Crippen molar-refractivity contribution in [1.82, 2.24) is 14.9 Å². The number of likely N-dealkylation sites (N-methyl/N-ethyl adjacent to an activating group) is 1. The van der Waals surface area contributed by atoms with Gasteiger partial charge in [0.2, 0.25) is 5.95 Å². The van der Waals surface area contributed by atoms with E-state index in [0.29, 0.717) is 22.5 Å². The highest BCUT2D eigenvalue weighted by molar-refractivity contribution is 6.30. The number of ether oxygens (including phenoxy) is 1. The van der Waals surface area contributed by atoms with Crippen molar-refractivity contribution < 1.29 is 9.53 Å². The number of nitrogens with one attached hydrogen (secondary N) is 1. The molecule has 0 bridgehead atoms. The Bertz CT molecular complexity index is 1540. The molecule has 0 spiro atoms. The van der Waals surface area contributed by atoms with Crippen molar-refractivity contribution in [2.24, 2.45) is 0 Å². The Hall–Kier alpha value is -4.14. The minimum atomic E-state index is -0.536. The molecule has 42 heavy (non-hydrogen) atoms. The molecule has 5 rings (SSSR count). The Kier molecular flexibility index (Phi) is 8.94. The first-order valence-electron chi connectivity index (χ1n) is 14.1. The molecule has 1 fully saturated rings. The number of hydrogen-bond acceptors (Lipinski definition) is 7. The van der Waals surface area contributed by atoms with E-state index in [-0.39, 0.29) is 6.54 Å². The largest absolute Gasteiger partial charge is 0.421 e. The normalized spacial score (nSPS) is 13.6. The highest BCUT2D eigenvalue weighted by Gasteiger charge is 2.23. The molecule has 0 radical (unpaired) electrons. The number of amides is 1. The van der Waals surface area contributed by atoms with Crippen LogP contribution in [0.2, 0.25) is 5.02 Å². The van der Waals surface area contributed by atoms with Crippen molar-refractivity contribution in [2.45, 2.75) is 34.2 Å². The van der Waals surface area contributed by atoms with Crippen LogP contribution in [0.5, 0.6) is 5.75 Å². The first-order chi connectivity index (χ1) is 20.2. The average Bonchev–Trinajstić information content (AvgIpc) is 2.96. The van der Waals surface area contributed by atoms with E-state index in [1.807, 2.05) is 70.2 Å². The second-order valence-electron chi connectivity index (χ2n) is 11.0. The summed E-state index contributed by atoms with van der Waals surface area (Å²) in [5.41, 5.74) is 6.85. The van der Waals surface area contributed by atoms with Gasteiger partial charge in [-0.05, 0) is 99.5 Å². The van der Waals surface area contributed by atoms with Gasteiger partial charge in [0.1, 0.15) is 11.6 Å². The van der Waals surface area contributed by atoms with E-state index in [2.05, 4.69) is 39.3 Å². The number of benzene rings is 3. The van der Waals surface area contributed by atoms with Gasteiger partial charge in [-0.25, -0.2) is 9.78 Å². The molecule has 1 aliphatic heterocycles. The lowest BCUT2D eigenvalue weighted by atomic mass is 10.1. The number of halogens is 1. The van der Waals surface area contributed by atoms with Crippen molar-refractivity contribution in [1.29, 1.82) is 0 Å². The van der Waals surface area contributed by atoms with E-state index in [1.54, 1.807) is 12.3 Å². The standard InChI is InChI=1S/C33H37ClN6O2/c1-22-18-24(3)31(25(4)19-22)42-33(41)40(21-26-20-27(34)7-6-23(26)2)30-12-13-35-32(37-30)36-28-8-10-29(11-9-28)39-16-14-38(5)15-17-39/h6-13,18-20H,14-17,21H2,1-5H3,(H,35,36,37). The van der Waals surface area contributed by atoms with E-state index in [0.717, 1.165) is 59.7 Å². The van der Waals surface area contributed by atoms with Gasteiger partial charge in [0.05, 0.1) is 6.54 Å². The van der Waals surface area contributed by atoms with Crippen molar-refractivity contribution in [3.63, 3.8) is 0 Å². The molecular weight excluding hydrogens is 548 g/mol. The zero-order valence-corrected chi connectivity index (χ0v) is 25.6. The van der Waals surface area contributed by atoms with Crippen LogP contribution in [0, 0.1) is 27.7 Å². The summed E-state index contributed by atoms with van der Waals surface area (Å²) in [6, 6.07) is 19.6. The van der Waals surface area contributed by atoms with Gasteiger partial charge in [-0.3, -0.25) is 4.90 Å². The van der Waals surface area contributed by atoms with Gasteiger partial charge < -0.3 is 19.9 Å². The molecule has 218 valence electrons. The van der Waals surface area contributed by atoms with Crippen molar-refractivity contribution in [3.8, 4) is 5.75 Å². The van der Waals surface area contributed by atoms with Crippen LogP contribution in [0.15, 0.2) is 66.9 Å². The Morgan fingerprint density at radius 3 is 2.31 bits per heavy atom. The summed E-state index contributed by atoms with van der Waals surface area (Å²) >= 11 is 6.32. The van der Waals surface area contributed by atoms with Gasteiger partial charge in [0, 0.05) is 48.8 Å². The third kappa shape index (κ3) is 7.01. The van der Waals surface area contributed by atoms with Crippen molar-refractivity contribution in [2.75, 3.05) is 48.3 Å². The Morgan fingerprint density at radius 2 is 1.62 bits per heavy atom. The number of rotatable bonds is 7. The fourth-order valence-electron chi connectivity index (χ4n) is 5.20. The summed E-state index contributed by atoms with van der Waals surface area (Å²) in [5, 5.41) is 3.88. The predicted octanol–water partition coefficient (Wildman–Crippen LogP) is 7.06. The predicted molar refractivity (Wildman–Crippen MR) is 171 cm³/mol. The fourth-order valence-corrected chi connectivity index (χ4v) is 5.39. The lowest BCUT2D eigenvalue weighted by Crippen LogP contribution is -2.44.